The number of benzene rings is 3. The Bertz CT molecular complexity index is 2140. The van der Waals surface area contributed by atoms with Crippen molar-refractivity contribution in [3.05, 3.63) is 138 Å². The molecule has 0 saturated heterocycles. The first kappa shape index (κ1) is 49.7. The van der Waals surface area contributed by atoms with E-state index in [1.807, 2.05) is 0 Å². The minimum Gasteiger partial charge on any atom is -0.479 e. The topological polar surface area (TPSA) is 209 Å². The summed E-state index contributed by atoms with van der Waals surface area (Å²) in [7, 11) is 0. The lowest BCUT2D eigenvalue weighted by Crippen LogP contribution is -2.70. The van der Waals surface area contributed by atoms with Crippen LogP contribution in [0.3, 0.4) is 0 Å². The van der Waals surface area contributed by atoms with Crippen molar-refractivity contribution in [2.24, 2.45) is 0 Å². The molecule has 4 atom stereocenters. The molecule has 4 unspecified atom stereocenters. The molecule has 4 amide bonds. The van der Waals surface area contributed by atoms with E-state index in [9.17, 15) is 39.0 Å². The summed E-state index contributed by atoms with van der Waals surface area (Å²) >= 11 is 0. The lowest BCUT2D eigenvalue weighted by molar-refractivity contribution is -0.157. The maximum Gasteiger partial charge on any atom is 0.412 e. The maximum absolute atomic E-state index is 14.1. The second-order valence-corrected chi connectivity index (χ2v) is 17.0. The Kier molecular flexibility index (Phi) is 17.0. The van der Waals surface area contributed by atoms with Crippen molar-refractivity contribution in [3.63, 3.8) is 0 Å². The highest BCUT2D eigenvalue weighted by Crippen LogP contribution is 2.52. The molecule has 3 aromatic carbocycles. The molecule has 1 aliphatic carbocycles. The molecule has 14 heteroatoms. The molecule has 0 aromatic heterocycles. The average Bonchev–Trinajstić information content (AvgIpc) is 3.18. The lowest BCUT2D eigenvalue weighted by atomic mass is 9.56. The molecule has 4 rings (SSSR count). The van der Waals surface area contributed by atoms with Gasteiger partial charge in [-0.3, -0.25) is 20.2 Å². The van der Waals surface area contributed by atoms with Crippen LogP contribution in [0, 0.1) is 0 Å². The van der Waals surface area contributed by atoms with Gasteiger partial charge in [0.2, 0.25) is 0 Å². The number of aliphatic carboxylic acids is 2. The van der Waals surface area contributed by atoms with E-state index in [1.54, 1.807) is 109 Å². The Labute approximate surface area is 363 Å². The largest absolute Gasteiger partial charge is 0.479 e. The number of alkyl carbamates (subject to hydrolysis) is 1. The number of anilines is 1. The van der Waals surface area contributed by atoms with Crippen molar-refractivity contribution in [2.45, 2.75) is 116 Å². The van der Waals surface area contributed by atoms with Crippen LogP contribution in [-0.4, -0.2) is 68.4 Å². The van der Waals surface area contributed by atoms with Crippen molar-refractivity contribution in [1.29, 1.82) is 0 Å². The summed E-state index contributed by atoms with van der Waals surface area (Å²) in [5.74, 6) is -6.86. The lowest BCUT2D eigenvalue weighted by Gasteiger charge is -2.52. The van der Waals surface area contributed by atoms with Crippen molar-refractivity contribution in [1.82, 2.24) is 16.0 Å². The Hall–Kier alpha value is -6.70. The molecule has 14 nitrogen and oxygen atoms in total. The first-order valence-electron chi connectivity index (χ1n) is 20.3. The predicted octanol–water partition coefficient (Wildman–Crippen LogP) is 8.85. The fraction of sp³-hybridized carbons (Fsp3) is 0.375. The Morgan fingerprint density at radius 1 is 0.694 bits per heavy atom. The van der Waals surface area contributed by atoms with Crippen LogP contribution in [0.5, 0.6) is 0 Å². The third-order valence-corrected chi connectivity index (χ3v) is 9.57. The number of rotatable bonds is 12. The van der Waals surface area contributed by atoms with Crippen LogP contribution in [-0.2, 0) is 23.9 Å². The molecular weight excluding hydrogens is 793 g/mol. The van der Waals surface area contributed by atoms with E-state index in [0.717, 1.165) is 0 Å². The quantitative estimate of drug-likeness (QED) is 0.0753. The number of ether oxygens (including phenoxy) is 2. The highest BCUT2D eigenvalue weighted by molar-refractivity contribution is 6.02. The SMILES string of the molecule is C=C/C(=C\C=C(/C)NC(=O)OC(C)(C)C)C(=O)NC1(C(=O)O)CC(c2ccccc2)C(NC(=O)c2ccc(NC(=O)OC(C)(C)C)cc2)(C(=O)O)CC1c1ccccc1.CCC. The minimum atomic E-state index is -2.13. The first-order chi connectivity index (χ1) is 29.0. The third-order valence-electron chi connectivity index (χ3n) is 9.57. The summed E-state index contributed by atoms with van der Waals surface area (Å²) in [4.78, 5) is 80.4. The zero-order valence-electron chi connectivity index (χ0n) is 37.0. The van der Waals surface area contributed by atoms with Crippen molar-refractivity contribution < 1.29 is 48.5 Å². The molecule has 0 radical (unpaired) electrons. The summed E-state index contributed by atoms with van der Waals surface area (Å²) in [5.41, 5.74) is -4.26. The minimum absolute atomic E-state index is 0.0491. The van der Waals surface area contributed by atoms with Crippen LogP contribution in [0.4, 0.5) is 15.3 Å². The Morgan fingerprint density at radius 2 is 1.13 bits per heavy atom. The number of nitrogens with one attached hydrogen (secondary N) is 4. The van der Waals surface area contributed by atoms with E-state index in [4.69, 9.17) is 9.47 Å². The molecule has 1 fully saturated rings. The number of carboxylic acid groups (broad SMARTS) is 2. The molecule has 1 aliphatic rings. The van der Waals surface area contributed by atoms with E-state index >= 15 is 0 Å². The van der Waals surface area contributed by atoms with Gasteiger partial charge in [-0.2, -0.15) is 0 Å². The van der Waals surface area contributed by atoms with Gasteiger partial charge in [-0.05, 0) is 109 Å². The summed E-state index contributed by atoms with van der Waals surface area (Å²) in [6, 6.07) is 22.4. The Balaban J connectivity index is 0.00000331. The Morgan fingerprint density at radius 3 is 1.55 bits per heavy atom. The van der Waals surface area contributed by atoms with Gasteiger partial charge in [0.25, 0.3) is 11.8 Å². The average molecular weight is 853 g/mol. The van der Waals surface area contributed by atoms with Crippen LogP contribution < -0.4 is 21.3 Å². The molecule has 0 bridgehead atoms. The summed E-state index contributed by atoms with van der Waals surface area (Å²) in [6.45, 7) is 19.8. The number of allylic oxidation sites excluding steroid dienone is 3. The van der Waals surface area contributed by atoms with Crippen molar-refractivity contribution in [3.8, 4) is 0 Å². The van der Waals surface area contributed by atoms with E-state index < -0.39 is 82.9 Å². The van der Waals surface area contributed by atoms with Gasteiger partial charge >= 0.3 is 24.1 Å². The van der Waals surface area contributed by atoms with Gasteiger partial charge < -0.3 is 30.3 Å². The summed E-state index contributed by atoms with van der Waals surface area (Å²) < 4.78 is 10.6. The highest BCUT2D eigenvalue weighted by Gasteiger charge is 2.63. The van der Waals surface area contributed by atoms with Crippen LogP contribution in [0.15, 0.2) is 121 Å². The van der Waals surface area contributed by atoms with Crippen molar-refractivity contribution in [2.75, 3.05) is 5.32 Å². The highest BCUT2D eigenvalue weighted by atomic mass is 16.6. The van der Waals surface area contributed by atoms with Crippen LogP contribution in [0.1, 0.15) is 115 Å². The fourth-order valence-electron chi connectivity index (χ4n) is 6.94. The maximum atomic E-state index is 14.1. The number of hydrogen-bond acceptors (Lipinski definition) is 8. The second-order valence-electron chi connectivity index (χ2n) is 17.0. The van der Waals surface area contributed by atoms with E-state index in [1.165, 1.54) is 48.9 Å². The predicted molar refractivity (Wildman–Crippen MR) is 238 cm³/mol. The number of carboxylic acids is 2. The monoisotopic (exact) mass is 852 g/mol. The van der Waals surface area contributed by atoms with Gasteiger partial charge in [-0.15, -0.1) is 0 Å². The molecular formula is C48H60N4O10. The molecule has 332 valence electrons. The van der Waals surface area contributed by atoms with Gasteiger partial charge in [0, 0.05) is 34.4 Å². The van der Waals surface area contributed by atoms with E-state index in [2.05, 4.69) is 41.7 Å². The molecule has 6 N–H and O–H groups in total. The third kappa shape index (κ3) is 13.4. The van der Waals surface area contributed by atoms with Gasteiger partial charge in [0.15, 0.2) is 0 Å². The molecule has 0 heterocycles. The van der Waals surface area contributed by atoms with Crippen LogP contribution in [0.25, 0.3) is 0 Å². The van der Waals surface area contributed by atoms with Gasteiger partial charge in [-0.1, -0.05) is 93.6 Å². The number of carbonyl (C=O) groups excluding carboxylic acids is 4. The number of hydrogen-bond donors (Lipinski definition) is 6. The van der Waals surface area contributed by atoms with Gasteiger partial charge in [0.1, 0.15) is 22.3 Å². The molecule has 1 saturated carbocycles. The molecule has 0 aliphatic heterocycles. The van der Waals surface area contributed by atoms with Crippen LogP contribution >= 0.6 is 0 Å². The molecule has 3 aromatic rings. The fourth-order valence-corrected chi connectivity index (χ4v) is 6.94. The van der Waals surface area contributed by atoms with Gasteiger partial charge in [-0.25, -0.2) is 19.2 Å². The summed E-state index contributed by atoms with van der Waals surface area (Å²) in [5, 5.41) is 33.1. The normalized spacial score (nSPS) is 20.2. The zero-order valence-corrected chi connectivity index (χ0v) is 37.0. The van der Waals surface area contributed by atoms with Gasteiger partial charge in [0.05, 0.1) is 0 Å². The molecule has 62 heavy (non-hydrogen) atoms. The first-order valence-corrected chi connectivity index (χ1v) is 20.3. The second kappa shape index (κ2) is 21.2. The standard InChI is InChI=1S/C45H52N4O10.C3H8/c1-9-29(21-20-28(2)46-40(56)58-42(3,4)5)36(50)48-44(38(52)53)26-35(31-18-14-11-15-19-31)45(39(54)55,27-34(44)30-16-12-10-13-17-30)49-37(51)32-22-24-33(25-23-32)47-41(57)59-43(6,7)8;1-3-2/h9-25,34-35H,1,26-27H2,2-8H3,(H,46,56)(H,47,57)(H,48,50)(H,49,51)(H,52,53)(H,54,55);3H2,1-2H3/b28-20+,29-21+;. The smallest absolute Gasteiger partial charge is 0.412 e. The van der Waals surface area contributed by atoms with Crippen molar-refractivity contribution >= 4 is 41.6 Å². The summed E-state index contributed by atoms with van der Waals surface area (Å²) in [6.07, 6.45) is 2.92. The van der Waals surface area contributed by atoms with Crippen LogP contribution in [0.2, 0.25) is 0 Å². The number of carbonyl (C=O) groups is 6. The zero-order chi connectivity index (χ0) is 46.5. The van der Waals surface area contributed by atoms with E-state index in [-0.39, 0.29) is 11.1 Å². The number of amides is 4. The van der Waals surface area contributed by atoms with E-state index in [0.29, 0.717) is 22.5 Å². The molecule has 0 spiro atoms.